The lowest BCUT2D eigenvalue weighted by atomic mass is 9.83. The topological polar surface area (TPSA) is 110 Å². The Morgan fingerprint density at radius 3 is 2.47 bits per heavy atom. The van der Waals surface area contributed by atoms with Crippen molar-refractivity contribution in [2.24, 2.45) is 0 Å². The first-order valence-electron chi connectivity index (χ1n) is 11.2. The number of aromatic nitrogens is 3. The number of nitrogens with one attached hydrogen (secondary N) is 1. The molecule has 1 spiro atoms. The molecule has 2 aliphatic heterocycles. The Hall–Kier alpha value is -3.50. The lowest BCUT2D eigenvalue weighted by Gasteiger charge is -2.47. The van der Waals surface area contributed by atoms with E-state index in [9.17, 15) is 18.8 Å². The second-order valence-corrected chi connectivity index (χ2v) is 9.76. The molecule has 4 rings (SSSR count). The van der Waals surface area contributed by atoms with Crippen LogP contribution in [0.4, 0.5) is 9.18 Å². The van der Waals surface area contributed by atoms with Crippen LogP contribution in [-0.2, 0) is 14.3 Å². The number of pyridine rings is 1. The van der Waals surface area contributed by atoms with Crippen molar-refractivity contribution in [1.29, 1.82) is 0 Å². The zero-order chi connectivity index (χ0) is 24.7. The average Bonchev–Trinajstić information content (AvgIpc) is 3.21. The number of piperazine rings is 1. The summed E-state index contributed by atoms with van der Waals surface area (Å²) in [6.07, 6.45) is 4.10. The molecule has 0 saturated carbocycles. The summed E-state index contributed by atoms with van der Waals surface area (Å²) in [5.74, 6) is -0.448. The number of carbonyl (C=O) groups is 3. The monoisotopic (exact) mass is 472 g/mol. The number of hydrogen-bond donors (Lipinski definition) is 1. The third kappa shape index (κ3) is 4.73. The summed E-state index contributed by atoms with van der Waals surface area (Å²) in [4.78, 5) is 46.0. The van der Waals surface area contributed by atoms with Crippen LogP contribution < -0.4 is 5.32 Å². The van der Waals surface area contributed by atoms with Gasteiger partial charge in [0, 0.05) is 19.3 Å². The molecule has 34 heavy (non-hydrogen) atoms. The third-order valence-electron chi connectivity index (χ3n) is 6.14. The van der Waals surface area contributed by atoms with E-state index in [1.807, 2.05) is 6.92 Å². The Morgan fingerprint density at radius 1 is 1.21 bits per heavy atom. The van der Waals surface area contributed by atoms with Crippen molar-refractivity contribution in [3.63, 3.8) is 0 Å². The van der Waals surface area contributed by atoms with Gasteiger partial charge in [0.25, 0.3) is 0 Å². The van der Waals surface area contributed by atoms with Crippen LogP contribution in [0.5, 0.6) is 0 Å². The molecule has 0 radical (unpaired) electrons. The van der Waals surface area contributed by atoms with Crippen molar-refractivity contribution in [2.75, 3.05) is 19.6 Å². The van der Waals surface area contributed by atoms with Crippen molar-refractivity contribution in [3.05, 3.63) is 42.1 Å². The van der Waals surface area contributed by atoms with Crippen LogP contribution >= 0.6 is 0 Å². The largest absolute Gasteiger partial charge is 0.444 e. The van der Waals surface area contributed by atoms with E-state index in [0.717, 1.165) is 11.8 Å². The Balaban J connectivity index is 1.47. The van der Waals surface area contributed by atoms with Gasteiger partial charge in [-0.2, -0.15) is 5.10 Å². The van der Waals surface area contributed by atoms with Crippen molar-refractivity contribution < 1.29 is 23.5 Å². The van der Waals surface area contributed by atoms with Crippen LogP contribution in [0, 0.1) is 5.82 Å². The van der Waals surface area contributed by atoms with Crippen LogP contribution in [0.1, 0.15) is 52.1 Å². The number of halogens is 1. The van der Waals surface area contributed by atoms with Crippen molar-refractivity contribution in [2.45, 2.75) is 57.7 Å². The van der Waals surface area contributed by atoms with Gasteiger partial charge in [-0.05, 0) is 52.2 Å². The van der Waals surface area contributed by atoms with Gasteiger partial charge in [0.2, 0.25) is 11.8 Å². The molecule has 1 unspecified atom stereocenters. The lowest BCUT2D eigenvalue weighted by molar-refractivity contribution is -0.154. The normalized spacial score (nSPS) is 19.2. The first-order chi connectivity index (χ1) is 16.0. The first kappa shape index (κ1) is 23.7. The standard InChI is InChI=1S/C23H29FN6O4/c1-15(16-5-6-18(25-11-16)30-13-17(24)12-26-30)29-14-19(31)27-23(20(29)32)7-9-28(10-8-23)21(33)34-22(2,3)4/h5-6,11-13,15H,7-10,14H2,1-4H3,(H,27,31). The molecule has 2 aromatic rings. The maximum atomic E-state index is 13.6. The number of hydrogen-bond acceptors (Lipinski definition) is 6. The van der Waals surface area contributed by atoms with Crippen LogP contribution in [-0.4, -0.2) is 73.2 Å². The highest BCUT2D eigenvalue weighted by Crippen LogP contribution is 2.32. The molecule has 2 fully saturated rings. The quantitative estimate of drug-likeness (QED) is 0.734. The van der Waals surface area contributed by atoms with Crippen LogP contribution in [0.25, 0.3) is 5.82 Å². The summed E-state index contributed by atoms with van der Waals surface area (Å²) < 4.78 is 20.0. The number of ether oxygens (including phenoxy) is 1. The average molecular weight is 473 g/mol. The Kier molecular flexibility index (Phi) is 6.05. The van der Waals surface area contributed by atoms with Gasteiger partial charge in [-0.1, -0.05) is 6.07 Å². The summed E-state index contributed by atoms with van der Waals surface area (Å²) in [7, 11) is 0. The zero-order valence-corrected chi connectivity index (χ0v) is 19.7. The molecule has 0 bridgehead atoms. The van der Waals surface area contributed by atoms with E-state index in [2.05, 4.69) is 15.4 Å². The molecule has 1 atom stereocenters. The number of amides is 3. The molecule has 1 N–H and O–H groups in total. The molecule has 2 saturated heterocycles. The van der Waals surface area contributed by atoms with E-state index < -0.39 is 29.1 Å². The minimum atomic E-state index is -1.05. The van der Waals surface area contributed by atoms with Gasteiger partial charge in [0.05, 0.1) is 18.4 Å². The number of piperidine rings is 1. The molecule has 2 aromatic heterocycles. The zero-order valence-electron chi connectivity index (χ0n) is 19.7. The third-order valence-corrected chi connectivity index (χ3v) is 6.14. The Labute approximate surface area is 197 Å². The van der Waals surface area contributed by atoms with Crippen LogP contribution in [0.2, 0.25) is 0 Å². The molecule has 11 heteroatoms. The van der Waals surface area contributed by atoms with E-state index in [-0.39, 0.29) is 18.4 Å². The fourth-order valence-corrected chi connectivity index (χ4v) is 4.30. The summed E-state index contributed by atoms with van der Waals surface area (Å²) in [6, 6.07) is 3.06. The highest BCUT2D eigenvalue weighted by atomic mass is 19.1. The summed E-state index contributed by atoms with van der Waals surface area (Å²) in [5.41, 5.74) is -0.925. The second kappa shape index (κ2) is 8.69. The molecule has 4 heterocycles. The molecular weight excluding hydrogens is 443 g/mol. The van der Waals surface area contributed by atoms with E-state index in [1.165, 1.54) is 10.9 Å². The van der Waals surface area contributed by atoms with Gasteiger partial charge in [0.15, 0.2) is 11.6 Å². The second-order valence-electron chi connectivity index (χ2n) is 9.76. The minimum Gasteiger partial charge on any atom is -0.444 e. The minimum absolute atomic E-state index is 0.0658. The summed E-state index contributed by atoms with van der Waals surface area (Å²) >= 11 is 0. The number of rotatable bonds is 3. The van der Waals surface area contributed by atoms with Gasteiger partial charge in [0.1, 0.15) is 17.7 Å². The molecule has 10 nitrogen and oxygen atoms in total. The number of carbonyl (C=O) groups excluding carboxylic acids is 3. The Bertz CT molecular complexity index is 1090. The van der Waals surface area contributed by atoms with Crippen molar-refractivity contribution in [3.8, 4) is 5.82 Å². The fourth-order valence-electron chi connectivity index (χ4n) is 4.30. The van der Waals surface area contributed by atoms with Gasteiger partial charge in [-0.3, -0.25) is 9.59 Å². The molecule has 0 aliphatic carbocycles. The van der Waals surface area contributed by atoms with Gasteiger partial charge < -0.3 is 19.9 Å². The SMILES string of the molecule is CC(c1ccc(-n2cc(F)cn2)nc1)N1CC(=O)NC2(CCN(C(=O)OC(C)(C)C)CC2)C1=O. The maximum absolute atomic E-state index is 13.6. The predicted molar refractivity (Wildman–Crippen MR) is 119 cm³/mol. The van der Waals surface area contributed by atoms with E-state index >= 15 is 0 Å². The van der Waals surface area contributed by atoms with Crippen LogP contribution in [0.3, 0.4) is 0 Å². The molecule has 2 aliphatic rings. The smallest absolute Gasteiger partial charge is 0.410 e. The van der Waals surface area contributed by atoms with E-state index in [1.54, 1.807) is 48.9 Å². The summed E-state index contributed by atoms with van der Waals surface area (Å²) in [6.45, 7) is 7.78. The molecule has 182 valence electrons. The molecule has 3 amide bonds. The van der Waals surface area contributed by atoms with Gasteiger partial charge >= 0.3 is 6.09 Å². The fraction of sp³-hybridized carbons (Fsp3) is 0.522. The highest BCUT2D eigenvalue weighted by Gasteiger charge is 2.50. The lowest BCUT2D eigenvalue weighted by Crippen LogP contribution is -2.69. The van der Waals surface area contributed by atoms with E-state index in [0.29, 0.717) is 31.7 Å². The first-order valence-corrected chi connectivity index (χ1v) is 11.2. The number of likely N-dealkylation sites (tertiary alicyclic amines) is 1. The molecular formula is C23H29FN6O4. The Morgan fingerprint density at radius 2 is 1.91 bits per heavy atom. The maximum Gasteiger partial charge on any atom is 0.410 e. The van der Waals surface area contributed by atoms with Gasteiger partial charge in [-0.15, -0.1) is 0 Å². The number of nitrogens with zero attached hydrogens (tertiary/aromatic N) is 5. The molecule has 0 aromatic carbocycles. The summed E-state index contributed by atoms with van der Waals surface area (Å²) in [5, 5.41) is 6.78. The highest BCUT2D eigenvalue weighted by molar-refractivity contribution is 5.98. The van der Waals surface area contributed by atoms with Crippen LogP contribution in [0.15, 0.2) is 30.7 Å². The van der Waals surface area contributed by atoms with Gasteiger partial charge in [-0.25, -0.2) is 18.9 Å². The van der Waals surface area contributed by atoms with E-state index in [4.69, 9.17) is 4.74 Å². The van der Waals surface area contributed by atoms with Crippen molar-refractivity contribution in [1.82, 2.24) is 29.9 Å². The van der Waals surface area contributed by atoms with Crippen molar-refractivity contribution >= 4 is 17.9 Å². The predicted octanol–water partition coefficient (Wildman–Crippen LogP) is 2.20.